The van der Waals surface area contributed by atoms with Gasteiger partial charge < -0.3 is 25.6 Å². The zero-order valence-corrected chi connectivity index (χ0v) is 25.2. The Labute approximate surface area is 261 Å². The fourth-order valence-electron chi connectivity index (χ4n) is 6.80. The number of likely N-dealkylation sites (tertiary alicyclic amines) is 1. The first kappa shape index (κ1) is 30.1. The van der Waals surface area contributed by atoms with E-state index in [0.29, 0.717) is 30.3 Å². The van der Waals surface area contributed by atoms with Crippen LogP contribution >= 0.6 is 11.6 Å². The van der Waals surface area contributed by atoms with Crippen LogP contribution in [0.3, 0.4) is 0 Å². The smallest absolute Gasteiger partial charge is 0.289 e. The molecule has 2 aliphatic heterocycles. The summed E-state index contributed by atoms with van der Waals surface area (Å²) in [5, 5.41) is 8.91. The number of ketones is 1. The highest BCUT2D eigenvalue weighted by molar-refractivity contribution is 6.38. The molecule has 4 fully saturated rings. The number of carbonyl (C=O) groups excluding carboxylic acids is 5. The summed E-state index contributed by atoms with van der Waals surface area (Å²) in [6.45, 7) is 0.690. The molecular formula is C33H37ClN4O6. The van der Waals surface area contributed by atoms with E-state index >= 15 is 0 Å². The Bertz CT molecular complexity index is 1430. The third kappa shape index (κ3) is 6.75. The second-order valence-electron chi connectivity index (χ2n) is 12.4. The maximum Gasteiger partial charge on any atom is 0.289 e. The van der Waals surface area contributed by atoms with Crippen LogP contribution in [-0.2, 0) is 24.0 Å². The van der Waals surface area contributed by atoms with E-state index in [9.17, 15) is 24.0 Å². The monoisotopic (exact) mass is 620 g/mol. The van der Waals surface area contributed by atoms with Crippen LogP contribution < -0.4 is 20.7 Å². The van der Waals surface area contributed by atoms with Gasteiger partial charge in [0.2, 0.25) is 17.6 Å². The SMILES string of the molecule is O=C(NC1CC1)C(=O)[C@H](C[C@@H]1CCNC1=O)NC(=O)[C@@H]1[C@H]2CCC[C@H]2CN1C(=O)COc1ccc(-c2ccc(Cl)cc2)cc1. The van der Waals surface area contributed by atoms with Crippen molar-refractivity contribution in [2.75, 3.05) is 19.7 Å². The highest BCUT2D eigenvalue weighted by Crippen LogP contribution is 2.42. The fraction of sp³-hybridized carbons (Fsp3) is 0.485. The molecule has 0 radical (unpaired) electrons. The number of halogens is 1. The van der Waals surface area contributed by atoms with Crippen LogP contribution in [0.15, 0.2) is 48.5 Å². The molecule has 0 bridgehead atoms. The Balaban J connectivity index is 1.12. The van der Waals surface area contributed by atoms with Gasteiger partial charge in [-0.25, -0.2) is 0 Å². The maximum atomic E-state index is 13.9. The van der Waals surface area contributed by atoms with E-state index in [2.05, 4.69) is 16.0 Å². The van der Waals surface area contributed by atoms with E-state index in [4.69, 9.17) is 16.3 Å². The van der Waals surface area contributed by atoms with Crippen molar-refractivity contribution in [1.29, 1.82) is 0 Å². The lowest BCUT2D eigenvalue weighted by molar-refractivity contribution is -0.143. The summed E-state index contributed by atoms with van der Waals surface area (Å²) in [5.74, 6) is -2.27. The van der Waals surface area contributed by atoms with Crippen LogP contribution in [0.1, 0.15) is 44.9 Å². The second-order valence-corrected chi connectivity index (χ2v) is 12.8. The number of rotatable bonds is 11. The average Bonchev–Trinajstić information content (AvgIpc) is 3.38. The van der Waals surface area contributed by atoms with Crippen molar-refractivity contribution in [3.8, 4) is 16.9 Å². The summed E-state index contributed by atoms with van der Waals surface area (Å²) in [6.07, 6.45) is 4.88. The molecule has 5 atom stereocenters. The number of nitrogens with zero attached hydrogens (tertiary/aromatic N) is 1. The van der Waals surface area contributed by atoms with Crippen molar-refractivity contribution in [3.63, 3.8) is 0 Å². The Kier molecular flexibility index (Phi) is 8.88. The number of Topliss-reactive ketones (excluding diaryl/α,β-unsaturated/α-hetero) is 1. The minimum Gasteiger partial charge on any atom is -0.484 e. The minimum atomic E-state index is -1.15. The van der Waals surface area contributed by atoms with Gasteiger partial charge in [-0.2, -0.15) is 0 Å². The molecule has 2 aromatic rings. The molecule has 0 unspecified atom stereocenters. The molecule has 0 spiro atoms. The molecule has 0 aromatic heterocycles. The lowest BCUT2D eigenvalue weighted by Gasteiger charge is -2.29. The van der Waals surface area contributed by atoms with Crippen molar-refractivity contribution in [1.82, 2.24) is 20.9 Å². The standard InChI is InChI=1S/C33H37ClN4O6/c34-23-8-4-19(5-9-23)20-6-12-25(13-7-20)44-18-28(39)38-17-22-2-1-3-26(22)29(38)32(42)37-27(16-21-14-15-35-31(21)41)30(40)33(43)36-24-10-11-24/h4-9,12-13,21-22,24,26-27,29H,1-3,10-11,14-18H2,(H,35,41)(H,36,43)(H,37,42)/t21-,22-,26-,27-,29-/m0/s1. The lowest BCUT2D eigenvalue weighted by Crippen LogP contribution is -2.55. The van der Waals surface area contributed by atoms with Gasteiger partial charge in [-0.3, -0.25) is 24.0 Å². The van der Waals surface area contributed by atoms with Crippen molar-refractivity contribution in [2.24, 2.45) is 17.8 Å². The van der Waals surface area contributed by atoms with E-state index in [1.54, 1.807) is 17.0 Å². The summed E-state index contributed by atoms with van der Waals surface area (Å²) in [4.78, 5) is 67.1. The van der Waals surface area contributed by atoms with E-state index in [-0.39, 0.29) is 42.7 Å². The van der Waals surface area contributed by atoms with Crippen LogP contribution in [0, 0.1) is 17.8 Å². The predicted octanol–water partition coefficient (Wildman–Crippen LogP) is 2.87. The van der Waals surface area contributed by atoms with Crippen molar-refractivity contribution in [2.45, 2.75) is 63.1 Å². The highest BCUT2D eigenvalue weighted by atomic mass is 35.5. The first-order chi connectivity index (χ1) is 21.3. The number of amides is 4. The molecule has 2 saturated carbocycles. The third-order valence-corrected chi connectivity index (χ3v) is 9.58. The fourth-order valence-corrected chi connectivity index (χ4v) is 6.92. The topological polar surface area (TPSA) is 134 Å². The Hall–Kier alpha value is -3.92. The van der Waals surface area contributed by atoms with Gasteiger partial charge in [-0.15, -0.1) is 0 Å². The van der Waals surface area contributed by atoms with Gasteiger partial charge in [0.15, 0.2) is 6.61 Å². The lowest BCUT2D eigenvalue weighted by atomic mass is 9.91. The molecule has 44 heavy (non-hydrogen) atoms. The molecular weight excluding hydrogens is 584 g/mol. The summed E-state index contributed by atoms with van der Waals surface area (Å²) >= 11 is 5.99. The van der Waals surface area contributed by atoms with Gasteiger partial charge in [0.05, 0.1) is 6.04 Å². The number of ether oxygens (including phenoxy) is 1. The van der Waals surface area contributed by atoms with E-state index in [0.717, 1.165) is 43.2 Å². The highest BCUT2D eigenvalue weighted by Gasteiger charge is 2.50. The Morgan fingerprint density at radius 3 is 2.32 bits per heavy atom. The summed E-state index contributed by atoms with van der Waals surface area (Å²) in [6, 6.07) is 13.0. The predicted molar refractivity (Wildman–Crippen MR) is 163 cm³/mol. The van der Waals surface area contributed by atoms with Crippen molar-refractivity contribution >= 4 is 41.0 Å². The quantitative estimate of drug-likeness (QED) is 0.331. The minimum absolute atomic E-state index is 0.0200. The molecule has 3 N–H and O–H groups in total. The van der Waals surface area contributed by atoms with E-state index in [1.807, 2.05) is 36.4 Å². The Morgan fingerprint density at radius 1 is 0.955 bits per heavy atom. The maximum absolute atomic E-state index is 13.9. The average molecular weight is 621 g/mol. The van der Waals surface area contributed by atoms with Gasteiger partial charge in [-0.05, 0) is 85.8 Å². The Morgan fingerprint density at radius 2 is 1.66 bits per heavy atom. The van der Waals surface area contributed by atoms with Gasteiger partial charge in [0, 0.05) is 30.1 Å². The molecule has 4 amide bonds. The van der Waals surface area contributed by atoms with E-state index in [1.165, 1.54) is 0 Å². The third-order valence-electron chi connectivity index (χ3n) is 9.33. The van der Waals surface area contributed by atoms with Crippen LogP contribution in [0.5, 0.6) is 5.75 Å². The summed E-state index contributed by atoms with van der Waals surface area (Å²) in [5.41, 5.74) is 1.99. The number of hydrogen-bond acceptors (Lipinski definition) is 6. The first-order valence-electron chi connectivity index (χ1n) is 15.5. The first-order valence-corrected chi connectivity index (χ1v) is 15.9. The van der Waals surface area contributed by atoms with Crippen LogP contribution in [0.25, 0.3) is 11.1 Å². The van der Waals surface area contributed by atoms with Gasteiger partial charge >= 0.3 is 0 Å². The zero-order chi connectivity index (χ0) is 30.8. The molecule has 2 aromatic carbocycles. The van der Waals surface area contributed by atoms with Crippen molar-refractivity contribution in [3.05, 3.63) is 53.6 Å². The molecule has 2 saturated heterocycles. The largest absolute Gasteiger partial charge is 0.484 e. The number of carbonyl (C=O) groups is 5. The number of hydrogen-bond donors (Lipinski definition) is 3. The van der Waals surface area contributed by atoms with Gasteiger partial charge in [0.25, 0.3) is 11.8 Å². The molecule has 4 aliphatic rings. The normalized spacial score (nSPS) is 24.8. The molecule has 2 heterocycles. The number of fused-ring (bicyclic) bond motifs is 1. The van der Waals surface area contributed by atoms with E-state index < -0.39 is 35.6 Å². The molecule has 11 heteroatoms. The van der Waals surface area contributed by atoms with Crippen LogP contribution in [0.4, 0.5) is 0 Å². The molecule has 6 rings (SSSR count). The molecule has 10 nitrogen and oxygen atoms in total. The second kappa shape index (κ2) is 13.0. The number of benzene rings is 2. The van der Waals surface area contributed by atoms with Crippen molar-refractivity contribution < 1.29 is 28.7 Å². The van der Waals surface area contributed by atoms with Gasteiger partial charge in [0.1, 0.15) is 11.8 Å². The molecule has 2 aliphatic carbocycles. The van der Waals surface area contributed by atoms with Crippen LogP contribution in [0.2, 0.25) is 5.02 Å². The summed E-state index contributed by atoms with van der Waals surface area (Å²) in [7, 11) is 0. The van der Waals surface area contributed by atoms with Gasteiger partial charge in [-0.1, -0.05) is 42.3 Å². The molecule has 232 valence electrons. The zero-order valence-electron chi connectivity index (χ0n) is 24.4. The number of nitrogens with one attached hydrogen (secondary N) is 3. The van der Waals surface area contributed by atoms with Crippen LogP contribution in [-0.4, -0.2) is 72.1 Å². The summed E-state index contributed by atoms with van der Waals surface area (Å²) < 4.78 is 5.84.